The number of hydrogen-bond acceptors (Lipinski definition) is 4. The van der Waals surface area contributed by atoms with Crippen LogP contribution in [0.3, 0.4) is 0 Å². The van der Waals surface area contributed by atoms with E-state index in [4.69, 9.17) is 4.74 Å². The molecule has 2 rings (SSSR count). The highest BCUT2D eigenvalue weighted by Gasteiger charge is 2.16. The van der Waals surface area contributed by atoms with E-state index in [0.717, 1.165) is 51.2 Å². The Morgan fingerprint density at radius 2 is 1.83 bits per heavy atom. The van der Waals surface area contributed by atoms with E-state index in [9.17, 15) is 5.11 Å². The van der Waals surface area contributed by atoms with Crippen molar-refractivity contribution in [2.45, 2.75) is 58.3 Å². The molecule has 1 fully saturated rings. The van der Waals surface area contributed by atoms with Gasteiger partial charge in [-0.25, -0.2) is 0 Å². The Labute approximate surface area is 140 Å². The number of nitrogens with zero attached hydrogens (tertiary/aromatic N) is 1. The average Bonchev–Trinajstić information content (AvgIpc) is 2.53. The summed E-state index contributed by atoms with van der Waals surface area (Å²) < 4.78 is 5.68. The lowest BCUT2D eigenvalue weighted by Crippen LogP contribution is -2.37. The highest BCUT2D eigenvalue weighted by molar-refractivity contribution is 5.29. The maximum Gasteiger partial charge on any atom is 0.119 e. The summed E-state index contributed by atoms with van der Waals surface area (Å²) in [6.07, 6.45) is 3.14. The average molecular weight is 320 g/mol. The monoisotopic (exact) mass is 320 g/mol. The molecule has 2 N–H and O–H groups in total. The fraction of sp³-hybridized carbons (Fsp3) is 0.684. The first kappa shape index (κ1) is 18.2. The van der Waals surface area contributed by atoms with Crippen molar-refractivity contribution in [1.29, 1.82) is 0 Å². The summed E-state index contributed by atoms with van der Waals surface area (Å²) in [7, 11) is 0. The van der Waals surface area contributed by atoms with Crippen LogP contribution in [0.5, 0.6) is 5.75 Å². The summed E-state index contributed by atoms with van der Waals surface area (Å²) in [4.78, 5) is 2.46. The van der Waals surface area contributed by atoms with Gasteiger partial charge in [-0.05, 0) is 70.8 Å². The first-order valence-electron chi connectivity index (χ1n) is 8.95. The van der Waals surface area contributed by atoms with Crippen molar-refractivity contribution in [1.82, 2.24) is 10.2 Å². The SMILES string of the molecule is CC(C)Oc1ccc(C(C)NCCCN2CCC(O)CC2)cc1. The topological polar surface area (TPSA) is 44.7 Å². The molecule has 0 aliphatic carbocycles. The zero-order valence-electron chi connectivity index (χ0n) is 14.8. The number of benzene rings is 1. The van der Waals surface area contributed by atoms with Crippen molar-refractivity contribution in [3.8, 4) is 5.75 Å². The Bertz CT molecular complexity index is 439. The van der Waals surface area contributed by atoms with Crippen molar-refractivity contribution >= 4 is 0 Å². The van der Waals surface area contributed by atoms with Gasteiger partial charge in [0.05, 0.1) is 12.2 Å². The van der Waals surface area contributed by atoms with Crippen LogP contribution in [0.4, 0.5) is 0 Å². The quantitative estimate of drug-likeness (QED) is 0.723. The van der Waals surface area contributed by atoms with Crippen LogP contribution in [-0.4, -0.2) is 48.4 Å². The standard InChI is InChI=1S/C19H32N2O2/c1-15(2)23-19-7-5-17(6-8-19)16(3)20-11-4-12-21-13-9-18(22)10-14-21/h5-8,15-16,18,20,22H,4,9-14H2,1-3H3. The molecule has 23 heavy (non-hydrogen) atoms. The minimum Gasteiger partial charge on any atom is -0.491 e. The van der Waals surface area contributed by atoms with Crippen molar-refractivity contribution in [3.05, 3.63) is 29.8 Å². The smallest absolute Gasteiger partial charge is 0.119 e. The lowest BCUT2D eigenvalue weighted by molar-refractivity contribution is 0.0820. The molecule has 4 nitrogen and oxygen atoms in total. The van der Waals surface area contributed by atoms with Gasteiger partial charge in [-0.15, -0.1) is 0 Å². The van der Waals surface area contributed by atoms with Gasteiger partial charge in [0.25, 0.3) is 0 Å². The third-order valence-corrected chi connectivity index (χ3v) is 4.41. The van der Waals surface area contributed by atoms with Gasteiger partial charge in [-0.3, -0.25) is 0 Å². The van der Waals surface area contributed by atoms with Gasteiger partial charge in [0.15, 0.2) is 0 Å². The molecule has 1 heterocycles. The van der Waals surface area contributed by atoms with Crippen LogP contribution in [0, 0.1) is 0 Å². The van der Waals surface area contributed by atoms with Gasteiger partial charge < -0.3 is 20.1 Å². The molecule has 0 spiro atoms. The summed E-state index contributed by atoms with van der Waals surface area (Å²) >= 11 is 0. The van der Waals surface area contributed by atoms with Gasteiger partial charge >= 0.3 is 0 Å². The Hall–Kier alpha value is -1.10. The van der Waals surface area contributed by atoms with Crippen LogP contribution < -0.4 is 10.1 Å². The number of hydrogen-bond donors (Lipinski definition) is 2. The Kier molecular flexibility index (Phi) is 7.34. The van der Waals surface area contributed by atoms with Crippen molar-refractivity contribution in [2.24, 2.45) is 0 Å². The summed E-state index contributed by atoms with van der Waals surface area (Å²) in [6, 6.07) is 8.73. The molecule has 1 atom stereocenters. The Balaban J connectivity index is 1.65. The van der Waals surface area contributed by atoms with E-state index in [0.29, 0.717) is 6.04 Å². The van der Waals surface area contributed by atoms with Crippen LogP contribution in [0.15, 0.2) is 24.3 Å². The number of nitrogens with one attached hydrogen (secondary N) is 1. The highest BCUT2D eigenvalue weighted by atomic mass is 16.5. The number of rotatable bonds is 8. The maximum absolute atomic E-state index is 9.52. The van der Waals surface area contributed by atoms with E-state index < -0.39 is 0 Å². The molecule has 1 aliphatic rings. The molecule has 0 aromatic heterocycles. The molecule has 1 aliphatic heterocycles. The van der Waals surface area contributed by atoms with Crippen LogP contribution in [-0.2, 0) is 0 Å². The molecule has 0 bridgehead atoms. The zero-order chi connectivity index (χ0) is 16.7. The third-order valence-electron chi connectivity index (χ3n) is 4.41. The number of aliphatic hydroxyl groups is 1. The maximum atomic E-state index is 9.52. The fourth-order valence-corrected chi connectivity index (χ4v) is 2.99. The van der Waals surface area contributed by atoms with Gasteiger partial charge in [-0.1, -0.05) is 12.1 Å². The molecule has 0 amide bonds. The van der Waals surface area contributed by atoms with E-state index in [1.54, 1.807) is 0 Å². The minimum atomic E-state index is -0.0768. The third kappa shape index (κ3) is 6.50. The van der Waals surface area contributed by atoms with Gasteiger partial charge in [0, 0.05) is 19.1 Å². The molecule has 1 unspecified atom stereocenters. The van der Waals surface area contributed by atoms with Crippen molar-refractivity contribution in [3.63, 3.8) is 0 Å². The van der Waals surface area contributed by atoms with Crippen LogP contribution in [0.1, 0.15) is 51.6 Å². The highest BCUT2D eigenvalue weighted by Crippen LogP contribution is 2.18. The Morgan fingerprint density at radius 3 is 2.43 bits per heavy atom. The van der Waals surface area contributed by atoms with E-state index in [2.05, 4.69) is 29.3 Å². The first-order valence-corrected chi connectivity index (χ1v) is 8.95. The van der Waals surface area contributed by atoms with E-state index in [1.807, 2.05) is 26.0 Å². The Morgan fingerprint density at radius 1 is 1.17 bits per heavy atom. The molecular formula is C19H32N2O2. The van der Waals surface area contributed by atoms with Gasteiger partial charge in [-0.2, -0.15) is 0 Å². The normalized spacial score (nSPS) is 18.3. The predicted molar refractivity (Wildman–Crippen MR) is 94.9 cm³/mol. The zero-order valence-corrected chi connectivity index (χ0v) is 14.8. The summed E-state index contributed by atoms with van der Waals surface area (Å²) in [5.74, 6) is 0.934. The first-order chi connectivity index (χ1) is 11.0. The number of piperidine rings is 1. The molecule has 0 radical (unpaired) electrons. The summed E-state index contributed by atoms with van der Waals surface area (Å²) in [5.41, 5.74) is 1.29. The second-order valence-corrected chi connectivity index (χ2v) is 6.84. The predicted octanol–water partition coefficient (Wildman–Crippen LogP) is 2.97. The van der Waals surface area contributed by atoms with Crippen LogP contribution >= 0.6 is 0 Å². The van der Waals surface area contributed by atoms with Crippen LogP contribution in [0.25, 0.3) is 0 Å². The number of likely N-dealkylation sites (tertiary alicyclic amines) is 1. The molecule has 0 saturated carbocycles. The molecule has 4 heteroatoms. The van der Waals surface area contributed by atoms with E-state index >= 15 is 0 Å². The number of ether oxygens (including phenoxy) is 1. The molecular weight excluding hydrogens is 288 g/mol. The van der Waals surface area contributed by atoms with Crippen LogP contribution in [0.2, 0.25) is 0 Å². The van der Waals surface area contributed by atoms with Gasteiger partial charge in [0.1, 0.15) is 5.75 Å². The summed E-state index contributed by atoms with van der Waals surface area (Å²) in [6.45, 7) is 10.5. The van der Waals surface area contributed by atoms with Gasteiger partial charge in [0.2, 0.25) is 0 Å². The van der Waals surface area contributed by atoms with Crippen molar-refractivity contribution in [2.75, 3.05) is 26.2 Å². The molecule has 130 valence electrons. The van der Waals surface area contributed by atoms with E-state index in [-0.39, 0.29) is 12.2 Å². The molecule has 1 aromatic rings. The fourth-order valence-electron chi connectivity index (χ4n) is 2.99. The largest absolute Gasteiger partial charge is 0.491 e. The summed E-state index contributed by atoms with van der Waals surface area (Å²) in [5, 5.41) is 13.1. The lowest BCUT2D eigenvalue weighted by Gasteiger charge is -2.29. The minimum absolute atomic E-state index is 0.0768. The molecule has 1 aromatic carbocycles. The van der Waals surface area contributed by atoms with Crippen molar-refractivity contribution < 1.29 is 9.84 Å². The lowest BCUT2D eigenvalue weighted by atomic mass is 10.1. The molecule has 1 saturated heterocycles. The second-order valence-electron chi connectivity index (χ2n) is 6.84. The second kappa shape index (κ2) is 9.26. The van der Waals surface area contributed by atoms with E-state index in [1.165, 1.54) is 5.56 Å². The number of aliphatic hydroxyl groups excluding tert-OH is 1.